The van der Waals surface area contributed by atoms with Crippen molar-refractivity contribution in [1.29, 1.82) is 0 Å². The van der Waals surface area contributed by atoms with Crippen molar-refractivity contribution in [3.63, 3.8) is 0 Å². The summed E-state index contributed by atoms with van der Waals surface area (Å²) in [5.41, 5.74) is 1.03. The smallest absolute Gasteiger partial charge is 0.0485 e. The minimum absolute atomic E-state index is 0.306. The third kappa shape index (κ3) is 0.731. The lowest BCUT2D eigenvalue weighted by Gasteiger charge is -2.59. The maximum Gasteiger partial charge on any atom is 0.0485 e. The van der Waals surface area contributed by atoms with E-state index in [9.17, 15) is 0 Å². The molecule has 58 valence electrons. The maximum atomic E-state index is 9.00. The molecular weight excluding hydrogens is 124 g/mol. The van der Waals surface area contributed by atoms with Gasteiger partial charge in [-0.2, -0.15) is 0 Å². The second-order valence-electron chi connectivity index (χ2n) is 4.68. The topological polar surface area (TPSA) is 20.2 Å². The van der Waals surface area contributed by atoms with Gasteiger partial charge in [0.2, 0.25) is 0 Å². The van der Waals surface area contributed by atoms with Gasteiger partial charge >= 0.3 is 0 Å². The van der Waals surface area contributed by atoms with Crippen molar-refractivity contribution in [3.8, 4) is 0 Å². The summed E-state index contributed by atoms with van der Waals surface area (Å²) < 4.78 is 0. The molecule has 0 saturated heterocycles. The molecule has 2 saturated carbocycles. The molecule has 0 aliphatic heterocycles. The molecule has 2 rings (SSSR count). The number of aliphatic hydroxyl groups is 1. The quantitative estimate of drug-likeness (QED) is 0.590. The van der Waals surface area contributed by atoms with Crippen molar-refractivity contribution < 1.29 is 5.11 Å². The first kappa shape index (κ1) is 6.66. The lowest BCUT2D eigenvalue weighted by Crippen LogP contribution is -2.50. The average Bonchev–Trinajstić information content (AvgIpc) is 1.77. The molecule has 0 amide bonds. The van der Waals surface area contributed by atoms with Crippen LogP contribution in [-0.2, 0) is 0 Å². The second-order valence-corrected chi connectivity index (χ2v) is 4.68. The van der Waals surface area contributed by atoms with Gasteiger partial charge in [-0.15, -0.1) is 0 Å². The molecule has 0 atom stereocenters. The predicted octanol–water partition coefficient (Wildman–Crippen LogP) is 1.95. The summed E-state index contributed by atoms with van der Waals surface area (Å²) in [5.74, 6) is 0. The standard InChI is InChI=1S/C9H16O/c1-8(7-10)5-9(6-8)3-2-4-9/h10H,2-7H2,1H3. The van der Waals surface area contributed by atoms with Crippen molar-refractivity contribution in [2.45, 2.75) is 39.0 Å². The number of aliphatic hydroxyl groups excluding tert-OH is 1. The Kier molecular flexibility index (Phi) is 1.17. The largest absolute Gasteiger partial charge is 0.396 e. The van der Waals surface area contributed by atoms with E-state index in [1.807, 2.05) is 0 Å². The summed E-state index contributed by atoms with van der Waals surface area (Å²) in [6.45, 7) is 2.60. The highest BCUT2D eigenvalue weighted by atomic mass is 16.3. The third-order valence-corrected chi connectivity index (χ3v) is 3.40. The molecular formula is C9H16O. The van der Waals surface area contributed by atoms with Crippen LogP contribution in [0.4, 0.5) is 0 Å². The molecule has 0 radical (unpaired) electrons. The summed E-state index contributed by atoms with van der Waals surface area (Å²) in [7, 11) is 0. The predicted molar refractivity (Wildman–Crippen MR) is 40.7 cm³/mol. The Bertz CT molecular complexity index is 131. The van der Waals surface area contributed by atoms with Crippen molar-refractivity contribution in [2.75, 3.05) is 6.61 Å². The van der Waals surface area contributed by atoms with E-state index in [0.717, 1.165) is 5.41 Å². The first-order valence-corrected chi connectivity index (χ1v) is 4.29. The van der Waals surface area contributed by atoms with Gasteiger partial charge in [0.15, 0.2) is 0 Å². The molecule has 0 bridgehead atoms. The summed E-state index contributed by atoms with van der Waals surface area (Å²) in [6.07, 6.45) is 6.87. The molecule has 1 N–H and O–H groups in total. The number of rotatable bonds is 1. The highest BCUT2D eigenvalue weighted by Gasteiger charge is 2.53. The van der Waals surface area contributed by atoms with Gasteiger partial charge in [-0.25, -0.2) is 0 Å². The molecule has 2 aliphatic rings. The second kappa shape index (κ2) is 1.76. The van der Waals surface area contributed by atoms with Gasteiger partial charge in [-0.3, -0.25) is 0 Å². The zero-order chi connectivity index (χ0) is 7.24. The van der Waals surface area contributed by atoms with Crippen LogP contribution < -0.4 is 0 Å². The lowest BCUT2D eigenvalue weighted by molar-refractivity contribution is -0.110. The molecule has 1 heteroatoms. The SMILES string of the molecule is CC1(CO)CC2(CCC2)C1. The van der Waals surface area contributed by atoms with E-state index in [4.69, 9.17) is 5.11 Å². The molecule has 0 unspecified atom stereocenters. The van der Waals surface area contributed by atoms with Gasteiger partial charge in [-0.1, -0.05) is 13.3 Å². The lowest BCUT2D eigenvalue weighted by atomic mass is 9.46. The molecule has 0 aromatic heterocycles. The Hall–Kier alpha value is -0.0400. The van der Waals surface area contributed by atoms with Crippen LogP contribution in [0.3, 0.4) is 0 Å². The van der Waals surface area contributed by atoms with Crippen LogP contribution in [0.1, 0.15) is 39.0 Å². The van der Waals surface area contributed by atoms with E-state index in [2.05, 4.69) is 6.92 Å². The Labute approximate surface area is 62.4 Å². The minimum Gasteiger partial charge on any atom is -0.396 e. The maximum absolute atomic E-state index is 9.00. The Morgan fingerprint density at radius 2 is 1.90 bits per heavy atom. The van der Waals surface area contributed by atoms with Crippen molar-refractivity contribution in [3.05, 3.63) is 0 Å². The van der Waals surface area contributed by atoms with Crippen LogP contribution in [0.25, 0.3) is 0 Å². The van der Waals surface area contributed by atoms with Crippen LogP contribution in [0.15, 0.2) is 0 Å². The van der Waals surface area contributed by atoms with Crippen molar-refractivity contribution in [1.82, 2.24) is 0 Å². The summed E-state index contributed by atoms with van der Waals surface area (Å²) in [5, 5.41) is 9.00. The zero-order valence-corrected chi connectivity index (χ0v) is 6.69. The van der Waals surface area contributed by atoms with E-state index < -0.39 is 0 Å². The van der Waals surface area contributed by atoms with E-state index >= 15 is 0 Å². The van der Waals surface area contributed by atoms with E-state index in [1.54, 1.807) is 0 Å². The van der Waals surface area contributed by atoms with Crippen LogP contribution in [0.5, 0.6) is 0 Å². The van der Waals surface area contributed by atoms with Gasteiger partial charge in [0.25, 0.3) is 0 Å². The number of hydrogen-bond acceptors (Lipinski definition) is 1. The third-order valence-electron chi connectivity index (χ3n) is 3.40. The minimum atomic E-state index is 0.306. The van der Waals surface area contributed by atoms with Gasteiger partial charge in [-0.05, 0) is 36.5 Å². The normalized spacial score (nSPS) is 33.0. The summed E-state index contributed by atoms with van der Waals surface area (Å²) >= 11 is 0. The molecule has 0 heterocycles. The Balaban J connectivity index is 1.92. The summed E-state index contributed by atoms with van der Waals surface area (Å²) in [6, 6.07) is 0. The number of hydrogen-bond donors (Lipinski definition) is 1. The molecule has 2 aliphatic carbocycles. The van der Waals surface area contributed by atoms with Crippen LogP contribution in [0.2, 0.25) is 0 Å². The van der Waals surface area contributed by atoms with Crippen molar-refractivity contribution in [2.24, 2.45) is 10.8 Å². The van der Waals surface area contributed by atoms with Gasteiger partial charge in [0, 0.05) is 6.61 Å². The zero-order valence-electron chi connectivity index (χ0n) is 6.69. The molecule has 1 spiro atoms. The van der Waals surface area contributed by atoms with E-state index in [1.165, 1.54) is 32.1 Å². The van der Waals surface area contributed by atoms with Crippen LogP contribution in [0, 0.1) is 10.8 Å². The Morgan fingerprint density at radius 1 is 1.30 bits per heavy atom. The van der Waals surface area contributed by atoms with Gasteiger partial charge < -0.3 is 5.11 Å². The molecule has 1 nitrogen and oxygen atoms in total. The molecule has 2 fully saturated rings. The Morgan fingerprint density at radius 3 is 2.20 bits per heavy atom. The fourth-order valence-corrected chi connectivity index (χ4v) is 2.90. The van der Waals surface area contributed by atoms with Gasteiger partial charge in [0.1, 0.15) is 0 Å². The average molecular weight is 140 g/mol. The fraction of sp³-hybridized carbons (Fsp3) is 1.00. The van der Waals surface area contributed by atoms with Crippen molar-refractivity contribution >= 4 is 0 Å². The van der Waals surface area contributed by atoms with E-state index in [-0.39, 0.29) is 0 Å². The highest BCUT2D eigenvalue weighted by molar-refractivity contribution is 5.04. The highest BCUT2D eigenvalue weighted by Crippen LogP contribution is 2.63. The molecule has 10 heavy (non-hydrogen) atoms. The fourth-order valence-electron chi connectivity index (χ4n) is 2.90. The van der Waals surface area contributed by atoms with Crippen LogP contribution >= 0.6 is 0 Å². The van der Waals surface area contributed by atoms with Gasteiger partial charge in [0.05, 0.1) is 0 Å². The first-order chi connectivity index (χ1) is 4.68. The molecule has 0 aromatic rings. The van der Waals surface area contributed by atoms with E-state index in [0.29, 0.717) is 12.0 Å². The van der Waals surface area contributed by atoms with Crippen LogP contribution in [-0.4, -0.2) is 11.7 Å². The first-order valence-electron chi connectivity index (χ1n) is 4.29. The summed E-state index contributed by atoms with van der Waals surface area (Å²) in [4.78, 5) is 0. The monoisotopic (exact) mass is 140 g/mol. The molecule has 0 aromatic carbocycles.